The molecule has 0 saturated carbocycles. The lowest BCUT2D eigenvalue weighted by atomic mass is 10.2. The summed E-state index contributed by atoms with van der Waals surface area (Å²) in [4.78, 5) is 21.6. The van der Waals surface area contributed by atoms with Crippen molar-refractivity contribution in [1.29, 1.82) is 0 Å². The fraction of sp³-hybridized carbons (Fsp3) is 0.556. The van der Waals surface area contributed by atoms with E-state index in [0.29, 0.717) is 6.61 Å². The van der Waals surface area contributed by atoms with Crippen molar-refractivity contribution in [2.75, 3.05) is 31.1 Å². The number of thioether (sulfide) groups is 8. The number of hydrogen-bond acceptors (Lipinski definition) is 11. The fourth-order valence-corrected chi connectivity index (χ4v) is 13.1. The molecule has 0 aliphatic carbocycles. The van der Waals surface area contributed by atoms with E-state index in [1.807, 2.05) is 94.1 Å². The van der Waals surface area contributed by atoms with Crippen LogP contribution >= 0.6 is 94.1 Å². The van der Waals surface area contributed by atoms with Gasteiger partial charge in [-0.3, -0.25) is 9.59 Å². The molecule has 0 aromatic carbocycles. The number of rotatable bonds is 13. The summed E-state index contributed by atoms with van der Waals surface area (Å²) in [5, 5.41) is 8.51. The number of unbranched alkanes of at least 4 members (excludes halogenated alkanes) is 3. The Kier molecular flexibility index (Phi) is 13.6. The summed E-state index contributed by atoms with van der Waals surface area (Å²) in [7, 11) is 0. The fourth-order valence-electron chi connectivity index (χ4n) is 2.26. The molecule has 2 rings (SSSR count). The smallest absolute Gasteiger partial charge is 0.317 e. The summed E-state index contributed by atoms with van der Waals surface area (Å²) in [6, 6.07) is 0. The second-order valence-corrected chi connectivity index (χ2v) is 15.0. The molecule has 0 unspecified atom stereocenters. The molecule has 0 aromatic heterocycles. The van der Waals surface area contributed by atoms with Crippen molar-refractivity contribution >= 4 is 106 Å². The minimum atomic E-state index is -1.14. The Morgan fingerprint density at radius 2 is 1.30 bits per heavy atom. The molecule has 168 valence electrons. The van der Waals surface area contributed by atoms with Crippen LogP contribution in [0, 0.1) is 0 Å². The van der Waals surface area contributed by atoms with Crippen LogP contribution in [-0.2, 0) is 14.3 Å². The van der Waals surface area contributed by atoms with E-state index in [2.05, 4.69) is 18.8 Å². The quantitative estimate of drug-likeness (QED) is 0.136. The van der Waals surface area contributed by atoms with Crippen molar-refractivity contribution in [2.45, 2.75) is 32.1 Å². The predicted molar refractivity (Wildman–Crippen MR) is 146 cm³/mol. The van der Waals surface area contributed by atoms with Crippen molar-refractivity contribution in [2.24, 2.45) is 0 Å². The molecule has 0 radical (unpaired) electrons. The summed E-state index contributed by atoms with van der Waals surface area (Å²) in [5.74, 6) is -0.717. The Hall–Kier alpha value is 0.960. The maximum Gasteiger partial charge on any atom is 0.317 e. The van der Waals surface area contributed by atoms with E-state index in [1.165, 1.54) is 25.4 Å². The van der Waals surface area contributed by atoms with Gasteiger partial charge in [0, 0.05) is 0 Å². The molecule has 2 aliphatic heterocycles. The third-order valence-electron chi connectivity index (χ3n) is 3.63. The second-order valence-electron chi connectivity index (χ2n) is 5.80. The van der Waals surface area contributed by atoms with Crippen LogP contribution in [0.2, 0.25) is 0 Å². The number of aliphatic carboxylic acids is 1. The van der Waals surface area contributed by atoms with E-state index in [0.717, 1.165) is 31.4 Å². The number of ether oxygens (including phenoxy) is 1. The van der Waals surface area contributed by atoms with Gasteiger partial charge in [-0.25, -0.2) is 0 Å². The van der Waals surface area contributed by atoms with Crippen molar-refractivity contribution in [3.63, 3.8) is 0 Å². The van der Waals surface area contributed by atoms with Crippen molar-refractivity contribution in [3.05, 3.63) is 25.4 Å². The Morgan fingerprint density at radius 1 is 0.800 bits per heavy atom. The average molecular weight is 561 g/mol. The zero-order valence-corrected chi connectivity index (χ0v) is 23.4. The topological polar surface area (TPSA) is 63.6 Å². The molecule has 12 heteroatoms. The molecule has 2 heterocycles. The molecule has 0 amide bonds. The molecule has 0 bridgehead atoms. The summed E-state index contributed by atoms with van der Waals surface area (Å²) >= 11 is 15.1. The minimum Gasteiger partial charge on any atom is -0.481 e. The molecular formula is C18H24O4S8. The van der Waals surface area contributed by atoms with Crippen molar-refractivity contribution in [3.8, 4) is 0 Å². The first-order valence-corrected chi connectivity index (χ1v) is 17.0. The van der Waals surface area contributed by atoms with Crippen LogP contribution in [0.1, 0.15) is 32.1 Å². The van der Waals surface area contributed by atoms with Crippen LogP contribution in [-0.4, -0.2) is 48.2 Å². The third-order valence-corrected chi connectivity index (χ3v) is 14.8. The molecule has 0 spiro atoms. The summed E-state index contributed by atoms with van der Waals surface area (Å²) < 4.78 is 13.4. The van der Waals surface area contributed by atoms with Crippen molar-refractivity contribution in [1.82, 2.24) is 0 Å². The number of hydrogen-bond donors (Lipinski definition) is 1. The lowest BCUT2D eigenvalue weighted by Crippen LogP contribution is -2.11. The predicted octanol–water partition coefficient (Wildman–Crippen LogP) is 7.73. The van der Waals surface area contributed by atoms with Gasteiger partial charge in [-0.05, 0) is 37.4 Å². The lowest BCUT2D eigenvalue weighted by molar-refractivity contribution is -0.151. The maximum atomic E-state index is 11.2. The van der Waals surface area contributed by atoms with Gasteiger partial charge in [0.05, 0.1) is 32.0 Å². The van der Waals surface area contributed by atoms with Gasteiger partial charge in [0.15, 0.2) is 0 Å². The van der Waals surface area contributed by atoms with Gasteiger partial charge in [-0.2, -0.15) is 0 Å². The van der Waals surface area contributed by atoms with E-state index in [1.54, 1.807) is 0 Å². The highest BCUT2D eigenvalue weighted by Gasteiger charge is 2.29. The molecule has 0 saturated heterocycles. The molecule has 0 aromatic rings. The van der Waals surface area contributed by atoms with Crippen LogP contribution in [0.3, 0.4) is 0 Å². The first-order chi connectivity index (χ1) is 14.5. The summed E-state index contributed by atoms with van der Waals surface area (Å²) in [6.45, 7) is 0.309. The van der Waals surface area contributed by atoms with Gasteiger partial charge in [0.25, 0.3) is 0 Å². The molecule has 0 atom stereocenters. The number of carboxylic acid groups (broad SMARTS) is 1. The molecule has 1 N–H and O–H groups in total. The standard InChI is InChI=1S/C18H24O4S8/c1-23-13-14(24-2)28-17(27-13)18-29-15(25-3)16(30-18)26-9-7-5-4-6-8-22-12(21)10-11(19)20/h4-10H2,1-3H3,(H,19,20). The molecular weight excluding hydrogens is 537 g/mol. The van der Waals surface area contributed by atoms with E-state index < -0.39 is 18.4 Å². The van der Waals surface area contributed by atoms with Crippen molar-refractivity contribution < 1.29 is 19.4 Å². The first kappa shape index (κ1) is 27.2. The first-order valence-electron chi connectivity index (χ1n) is 9.04. The highest BCUT2D eigenvalue weighted by molar-refractivity contribution is 8.44. The number of carbonyl (C=O) groups is 2. The zero-order valence-electron chi connectivity index (χ0n) is 16.9. The van der Waals surface area contributed by atoms with Crippen LogP contribution in [0.15, 0.2) is 25.4 Å². The van der Waals surface area contributed by atoms with Crippen LogP contribution in [0.25, 0.3) is 0 Å². The van der Waals surface area contributed by atoms with E-state index in [-0.39, 0.29) is 0 Å². The average Bonchev–Trinajstić information content (AvgIpc) is 3.32. The SMILES string of the molecule is CSC1=C(SC)SC(=C2SC(SC)=C(SCCCCCCOC(=O)CC(=O)O)S2)S1. The Morgan fingerprint density at radius 3 is 1.83 bits per heavy atom. The highest BCUT2D eigenvalue weighted by atomic mass is 32.3. The number of carbonyl (C=O) groups excluding carboxylic acids is 1. The molecule has 2 aliphatic rings. The second kappa shape index (κ2) is 15.0. The lowest BCUT2D eigenvalue weighted by Gasteiger charge is -2.05. The van der Waals surface area contributed by atoms with Gasteiger partial charge in [0.2, 0.25) is 0 Å². The maximum absolute atomic E-state index is 11.2. The molecule has 30 heavy (non-hydrogen) atoms. The molecule has 4 nitrogen and oxygen atoms in total. The van der Waals surface area contributed by atoms with Gasteiger partial charge >= 0.3 is 11.9 Å². The van der Waals surface area contributed by atoms with Gasteiger partial charge in [-0.1, -0.05) is 59.9 Å². The Bertz CT molecular complexity index is 714. The van der Waals surface area contributed by atoms with Gasteiger partial charge < -0.3 is 9.84 Å². The van der Waals surface area contributed by atoms with Crippen LogP contribution < -0.4 is 0 Å². The largest absolute Gasteiger partial charge is 0.481 e. The van der Waals surface area contributed by atoms with Crippen LogP contribution in [0.5, 0.6) is 0 Å². The molecule has 0 fully saturated rings. The Labute approximate surface area is 212 Å². The van der Waals surface area contributed by atoms with Gasteiger partial charge in [0.1, 0.15) is 6.42 Å². The summed E-state index contributed by atoms with van der Waals surface area (Å²) in [6.07, 6.45) is 9.86. The highest BCUT2D eigenvalue weighted by Crippen LogP contribution is 2.65. The number of esters is 1. The Balaban J connectivity index is 1.66. The monoisotopic (exact) mass is 560 g/mol. The third kappa shape index (κ3) is 9.07. The van der Waals surface area contributed by atoms with Gasteiger partial charge in [-0.15, -0.1) is 47.0 Å². The minimum absolute atomic E-state index is 0.309. The van der Waals surface area contributed by atoms with Crippen LogP contribution in [0.4, 0.5) is 0 Å². The normalized spacial score (nSPS) is 16.8. The number of carboxylic acids is 1. The van der Waals surface area contributed by atoms with E-state index >= 15 is 0 Å². The van der Waals surface area contributed by atoms with E-state index in [4.69, 9.17) is 9.84 Å². The zero-order chi connectivity index (χ0) is 21.9. The summed E-state index contributed by atoms with van der Waals surface area (Å²) in [5.41, 5.74) is 0. The van der Waals surface area contributed by atoms with E-state index in [9.17, 15) is 9.59 Å².